The minimum Gasteiger partial charge on any atom is -0.378 e. The van der Waals surface area contributed by atoms with Gasteiger partial charge in [0.1, 0.15) is 11.6 Å². The molecule has 18 heavy (non-hydrogen) atoms. The minimum absolute atomic E-state index is 0.144. The second-order valence-electron chi connectivity index (χ2n) is 4.11. The number of nitrogens with zero attached hydrogens (tertiary/aromatic N) is 1. The lowest BCUT2D eigenvalue weighted by atomic mass is 10.2. The monoisotopic (exact) mass is 256 g/mol. The van der Waals surface area contributed by atoms with Crippen LogP contribution in [-0.4, -0.2) is 37.2 Å². The van der Waals surface area contributed by atoms with Crippen LogP contribution in [0.25, 0.3) is 0 Å². The van der Waals surface area contributed by atoms with E-state index in [0.717, 1.165) is 12.1 Å². The molecule has 1 fully saturated rings. The van der Waals surface area contributed by atoms with Gasteiger partial charge >= 0.3 is 6.03 Å². The fourth-order valence-corrected chi connectivity index (χ4v) is 1.70. The van der Waals surface area contributed by atoms with E-state index < -0.39 is 17.7 Å². The average Bonchev–Trinajstić information content (AvgIpc) is 2.37. The lowest BCUT2D eigenvalue weighted by Crippen LogP contribution is -2.43. The van der Waals surface area contributed by atoms with Gasteiger partial charge in [0.2, 0.25) is 0 Å². The number of carbonyl (C=O) groups is 1. The predicted octanol–water partition coefficient (Wildman–Crippen LogP) is 2.14. The average molecular weight is 256 g/mol. The lowest BCUT2D eigenvalue weighted by Gasteiger charge is -2.27. The van der Waals surface area contributed by atoms with Crippen molar-refractivity contribution < 1.29 is 18.3 Å². The maximum absolute atomic E-state index is 13.5. The number of rotatable bonds is 1. The fraction of sp³-hybridized carbons (Fsp3) is 0.417. The Morgan fingerprint density at radius 1 is 1.28 bits per heavy atom. The third-order valence-corrected chi connectivity index (χ3v) is 2.79. The third-order valence-electron chi connectivity index (χ3n) is 2.79. The summed E-state index contributed by atoms with van der Waals surface area (Å²) in [4.78, 5) is 13.3. The molecule has 2 rings (SSSR count). The molecule has 0 saturated carbocycles. The number of nitrogens with one attached hydrogen (secondary N) is 1. The maximum Gasteiger partial charge on any atom is 0.322 e. The molecule has 2 amide bonds. The van der Waals surface area contributed by atoms with Crippen molar-refractivity contribution >= 4 is 11.7 Å². The quantitative estimate of drug-likeness (QED) is 0.836. The van der Waals surface area contributed by atoms with Gasteiger partial charge in [-0.25, -0.2) is 13.6 Å². The molecule has 0 aliphatic carbocycles. The molecular weight excluding hydrogens is 242 g/mol. The van der Waals surface area contributed by atoms with Gasteiger partial charge in [-0.05, 0) is 18.6 Å². The fourth-order valence-electron chi connectivity index (χ4n) is 1.70. The highest BCUT2D eigenvalue weighted by atomic mass is 19.1. The van der Waals surface area contributed by atoms with Crippen molar-refractivity contribution in [2.45, 2.75) is 6.92 Å². The van der Waals surface area contributed by atoms with Crippen molar-refractivity contribution in [3.05, 3.63) is 29.3 Å². The Morgan fingerprint density at radius 3 is 2.61 bits per heavy atom. The van der Waals surface area contributed by atoms with Gasteiger partial charge in [-0.2, -0.15) is 0 Å². The predicted molar refractivity (Wildman–Crippen MR) is 62.5 cm³/mol. The second kappa shape index (κ2) is 5.30. The number of benzene rings is 1. The number of ether oxygens (including phenoxy) is 1. The highest BCUT2D eigenvalue weighted by Crippen LogP contribution is 2.19. The Labute approximate surface area is 104 Å². The number of hydrogen-bond acceptors (Lipinski definition) is 2. The molecule has 1 heterocycles. The first-order valence-corrected chi connectivity index (χ1v) is 5.67. The molecule has 0 bridgehead atoms. The third kappa shape index (κ3) is 2.76. The molecule has 4 nitrogen and oxygen atoms in total. The zero-order chi connectivity index (χ0) is 13.1. The molecule has 1 aromatic rings. The summed E-state index contributed by atoms with van der Waals surface area (Å²) in [5, 5.41) is 2.36. The summed E-state index contributed by atoms with van der Waals surface area (Å²) in [6, 6.07) is 1.60. The summed E-state index contributed by atoms with van der Waals surface area (Å²) in [6.07, 6.45) is 0. The van der Waals surface area contributed by atoms with Crippen LogP contribution < -0.4 is 5.32 Å². The van der Waals surface area contributed by atoms with Crippen LogP contribution in [0.15, 0.2) is 12.1 Å². The SMILES string of the molecule is Cc1cc(F)c(NC(=O)N2CCOCC2)cc1F. The van der Waals surface area contributed by atoms with Gasteiger partial charge in [-0.15, -0.1) is 0 Å². The van der Waals surface area contributed by atoms with Gasteiger partial charge in [0.25, 0.3) is 0 Å². The van der Waals surface area contributed by atoms with E-state index in [1.807, 2.05) is 0 Å². The minimum atomic E-state index is -0.643. The van der Waals surface area contributed by atoms with E-state index in [2.05, 4.69) is 5.32 Å². The van der Waals surface area contributed by atoms with E-state index in [9.17, 15) is 13.6 Å². The van der Waals surface area contributed by atoms with Gasteiger partial charge in [0.05, 0.1) is 18.9 Å². The Kier molecular flexibility index (Phi) is 3.76. The van der Waals surface area contributed by atoms with Crippen molar-refractivity contribution in [3.8, 4) is 0 Å². The summed E-state index contributed by atoms with van der Waals surface area (Å²) in [5.74, 6) is -1.19. The molecule has 1 aliphatic heterocycles. The molecule has 98 valence electrons. The van der Waals surface area contributed by atoms with Gasteiger partial charge in [-0.1, -0.05) is 0 Å². The Bertz CT molecular complexity index is 460. The number of halogens is 2. The molecular formula is C12H14F2N2O2. The zero-order valence-corrected chi connectivity index (χ0v) is 10.0. The van der Waals surface area contributed by atoms with Crippen LogP contribution >= 0.6 is 0 Å². The van der Waals surface area contributed by atoms with E-state index in [-0.39, 0.29) is 11.3 Å². The maximum atomic E-state index is 13.5. The number of morpholine rings is 1. The Hall–Kier alpha value is -1.69. The summed E-state index contributed by atoms with van der Waals surface area (Å²) < 4.78 is 31.9. The highest BCUT2D eigenvalue weighted by Gasteiger charge is 2.18. The van der Waals surface area contributed by atoms with Gasteiger partial charge in [-0.3, -0.25) is 0 Å². The van der Waals surface area contributed by atoms with E-state index in [1.165, 1.54) is 11.8 Å². The largest absolute Gasteiger partial charge is 0.378 e. The first-order chi connectivity index (χ1) is 8.58. The molecule has 6 heteroatoms. The highest BCUT2D eigenvalue weighted by molar-refractivity contribution is 5.89. The smallest absolute Gasteiger partial charge is 0.322 e. The van der Waals surface area contributed by atoms with Crippen LogP contribution in [0.5, 0.6) is 0 Å². The van der Waals surface area contributed by atoms with Crippen LogP contribution in [-0.2, 0) is 4.74 Å². The van der Waals surface area contributed by atoms with Crippen molar-refractivity contribution in [1.29, 1.82) is 0 Å². The molecule has 0 spiro atoms. The van der Waals surface area contributed by atoms with E-state index in [0.29, 0.717) is 26.3 Å². The number of urea groups is 1. The second-order valence-corrected chi connectivity index (χ2v) is 4.11. The van der Waals surface area contributed by atoms with Gasteiger partial charge in [0.15, 0.2) is 0 Å². The number of amides is 2. The Balaban J connectivity index is 2.08. The van der Waals surface area contributed by atoms with E-state index in [1.54, 1.807) is 0 Å². The van der Waals surface area contributed by atoms with Crippen molar-refractivity contribution in [1.82, 2.24) is 4.90 Å². The van der Waals surface area contributed by atoms with Crippen molar-refractivity contribution in [2.75, 3.05) is 31.6 Å². The molecule has 0 aromatic heterocycles. The number of carbonyl (C=O) groups excluding carboxylic acids is 1. The molecule has 1 aromatic carbocycles. The molecule has 0 unspecified atom stereocenters. The van der Waals surface area contributed by atoms with Gasteiger partial charge < -0.3 is 15.0 Å². The molecule has 1 saturated heterocycles. The Morgan fingerprint density at radius 2 is 1.94 bits per heavy atom. The summed E-state index contributed by atoms with van der Waals surface area (Å²) >= 11 is 0. The molecule has 1 N–H and O–H groups in total. The van der Waals surface area contributed by atoms with E-state index in [4.69, 9.17) is 4.74 Å². The summed E-state index contributed by atoms with van der Waals surface area (Å²) in [7, 11) is 0. The summed E-state index contributed by atoms with van der Waals surface area (Å²) in [6.45, 7) is 3.27. The lowest BCUT2D eigenvalue weighted by molar-refractivity contribution is 0.0564. The van der Waals surface area contributed by atoms with Crippen LogP contribution in [0.4, 0.5) is 19.3 Å². The van der Waals surface area contributed by atoms with Crippen LogP contribution in [0.1, 0.15) is 5.56 Å². The number of aryl methyl sites for hydroxylation is 1. The van der Waals surface area contributed by atoms with Crippen LogP contribution in [0.2, 0.25) is 0 Å². The van der Waals surface area contributed by atoms with Gasteiger partial charge in [0, 0.05) is 19.2 Å². The van der Waals surface area contributed by atoms with Crippen molar-refractivity contribution in [3.63, 3.8) is 0 Å². The van der Waals surface area contributed by atoms with Crippen LogP contribution in [0.3, 0.4) is 0 Å². The first-order valence-electron chi connectivity index (χ1n) is 5.67. The number of hydrogen-bond donors (Lipinski definition) is 1. The summed E-state index contributed by atoms with van der Waals surface area (Å²) in [5.41, 5.74) is 0.0615. The zero-order valence-electron chi connectivity index (χ0n) is 10.0. The first kappa shape index (κ1) is 12.8. The standard InChI is InChI=1S/C12H14F2N2O2/c1-8-6-10(14)11(7-9(8)13)15-12(17)16-2-4-18-5-3-16/h6-7H,2-5H2,1H3,(H,15,17). The van der Waals surface area contributed by atoms with E-state index >= 15 is 0 Å². The van der Waals surface area contributed by atoms with Crippen molar-refractivity contribution in [2.24, 2.45) is 0 Å². The molecule has 0 atom stereocenters. The molecule has 0 radical (unpaired) electrons. The molecule has 1 aliphatic rings. The topological polar surface area (TPSA) is 41.6 Å². The number of anilines is 1. The van der Waals surface area contributed by atoms with Crippen LogP contribution in [0, 0.1) is 18.6 Å². The normalized spacial score (nSPS) is 15.6.